The van der Waals surface area contributed by atoms with Gasteiger partial charge >= 0.3 is 5.97 Å². The van der Waals surface area contributed by atoms with E-state index >= 15 is 0 Å². The number of hydrogen-bond acceptors (Lipinski definition) is 4. The third-order valence-corrected chi connectivity index (χ3v) is 3.85. The van der Waals surface area contributed by atoms with Crippen LogP contribution in [0.4, 0.5) is 0 Å². The number of esters is 1. The highest BCUT2D eigenvalue weighted by Gasteiger charge is 2.48. The number of carbonyl (C=O) groups excluding carboxylic acids is 2. The topological polar surface area (TPSA) is 67.2 Å². The van der Waals surface area contributed by atoms with E-state index < -0.39 is 5.41 Å². The molecule has 1 atom stereocenters. The van der Waals surface area contributed by atoms with E-state index in [0.717, 1.165) is 32.1 Å². The molecule has 0 amide bonds. The molecule has 4 nitrogen and oxygen atoms in total. The maximum atomic E-state index is 12.1. The van der Waals surface area contributed by atoms with Crippen molar-refractivity contribution in [2.75, 3.05) is 6.61 Å². The quantitative estimate of drug-likeness (QED) is 0.384. The van der Waals surface area contributed by atoms with Crippen molar-refractivity contribution in [3.63, 3.8) is 0 Å². The van der Waals surface area contributed by atoms with Crippen LogP contribution in [0.2, 0.25) is 0 Å². The molecule has 0 aliphatic heterocycles. The van der Waals surface area contributed by atoms with Crippen LogP contribution in [-0.2, 0) is 14.3 Å². The molecule has 1 fully saturated rings. The minimum absolute atomic E-state index is 0.0583. The van der Waals surface area contributed by atoms with Gasteiger partial charge in [-0.1, -0.05) is 19.3 Å². The maximum Gasteiger partial charge on any atom is 0.319 e. The Morgan fingerprint density at radius 3 is 2.68 bits per heavy atom. The van der Waals surface area contributed by atoms with E-state index in [-0.39, 0.29) is 11.8 Å². The van der Waals surface area contributed by atoms with Gasteiger partial charge in [-0.2, -0.15) is 5.26 Å². The summed E-state index contributed by atoms with van der Waals surface area (Å²) in [4.78, 5) is 24.1. The van der Waals surface area contributed by atoms with Gasteiger partial charge in [0.25, 0.3) is 0 Å². The molecule has 1 aliphatic carbocycles. The lowest BCUT2D eigenvalue weighted by molar-refractivity contribution is -0.159. The average Bonchev–Trinajstić information content (AvgIpc) is 2.76. The van der Waals surface area contributed by atoms with Gasteiger partial charge in [-0.05, 0) is 32.6 Å². The van der Waals surface area contributed by atoms with E-state index in [0.29, 0.717) is 32.3 Å². The number of rotatable bonds is 8. The maximum absolute atomic E-state index is 12.1. The van der Waals surface area contributed by atoms with Crippen molar-refractivity contribution < 1.29 is 14.3 Å². The lowest BCUT2D eigenvalue weighted by atomic mass is 9.80. The summed E-state index contributed by atoms with van der Waals surface area (Å²) in [5.74, 6) is -0.266. The van der Waals surface area contributed by atoms with Crippen LogP contribution in [0, 0.1) is 16.7 Å². The van der Waals surface area contributed by atoms with Gasteiger partial charge < -0.3 is 4.74 Å². The van der Waals surface area contributed by atoms with Crippen LogP contribution in [0.5, 0.6) is 0 Å². The minimum atomic E-state index is -0.856. The van der Waals surface area contributed by atoms with Crippen molar-refractivity contribution in [2.45, 2.75) is 64.7 Å². The molecule has 0 bridgehead atoms. The van der Waals surface area contributed by atoms with Gasteiger partial charge in [0.1, 0.15) is 11.2 Å². The molecule has 0 aromatic heterocycles. The molecule has 1 saturated carbocycles. The van der Waals surface area contributed by atoms with Crippen LogP contribution in [0.15, 0.2) is 0 Å². The van der Waals surface area contributed by atoms with Crippen LogP contribution < -0.4 is 0 Å². The fourth-order valence-corrected chi connectivity index (χ4v) is 2.77. The summed E-state index contributed by atoms with van der Waals surface area (Å²) in [6.45, 7) is 2.10. The van der Waals surface area contributed by atoms with E-state index in [2.05, 4.69) is 6.07 Å². The first-order valence-electron chi connectivity index (χ1n) is 7.25. The van der Waals surface area contributed by atoms with Gasteiger partial charge in [-0.15, -0.1) is 0 Å². The molecule has 0 aromatic rings. The molecule has 19 heavy (non-hydrogen) atoms. The Bertz CT molecular complexity index is 359. The Morgan fingerprint density at radius 2 is 2.11 bits per heavy atom. The molecule has 1 rings (SSSR count). The molecule has 0 spiro atoms. The Morgan fingerprint density at radius 1 is 1.37 bits per heavy atom. The smallest absolute Gasteiger partial charge is 0.319 e. The van der Waals surface area contributed by atoms with Crippen molar-refractivity contribution in [3.05, 3.63) is 0 Å². The predicted molar refractivity (Wildman–Crippen MR) is 71.2 cm³/mol. The first-order chi connectivity index (χ1) is 9.17. The molecule has 0 heterocycles. The molecule has 0 aromatic carbocycles. The lowest BCUT2D eigenvalue weighted by Gasteiger charge is -2.24. The van der Waals surface area contributed by atoms with Gasteiger partial charge in [0.05, 0.1) is 12.7 Å². The van der Waals surface area contributed by atoms with Crippen LogP contribution in [0.25, 0.3) is 0 Å². The summed E-state index contributed by atoms with van der Waals surface area (Å²) < 4.78 is 5.09. The average molecular weight is 265 g/mol. The zero-order chi connectivity index (χ0) is 14.1. The Kier molecular flexibility index (Phi) is 6.55. The van der Waals surface area contributed by atoms with Crippen LogP contribution in [0.3, 0.4) is 0 Å². The fraction of sp³-hybridized carbons (Fsp3) is 0.800. The van der Waals surface area contributed by atoms with Crippen molar-refractivity contribution >= 4 is 11.8 Å². The number of nitrogens with zero attached hydrogens (tertiary/aromatic N) is 1. The summed E-state index contributed by atoms with van der Waals surface area (Å²) in [6, 6.07) is 2.12. The standard InChI is InChI=1S/C15H23NO3/c1-2-19-14(18)15(11-8-9-13(15)17)10-6-4-3-5-7-12-16/h2-11H2,1H3. The summed E-state index contributed by atoms with van der Waals surface area (Å²) in [5.41, 5.74) is -0.856. The SMILES string of the molecule is CCOC(=O)C1(CCCCCCC#N)CCCC1=O. The lowest BCUT2D eigenvalue weighted by Crippen LogP contribution is -2.37. The molecule has 0 radical (unpaired) electrons. The number of hydrogen-bond donors (Lipinski definition) is 0. The summed E-state index contributed by atoms with van der Waals surface area (Å²) in [7, 11) is 0. The number of ketones is 1. The van der Waals surface area contributed by atoms with E-state index in [1.54, 1.807) is 6.92 Å². The first kappa shape index (κ1) is 15.7. The van der Waals surface area contributed by atoms with Gasteiger partial charge in [-0.3, -0.25) is 9.59 Å². The molecule has 0 N–H and O–H groups in total. The largest absolute Gasteiger partial charge is 0.465 e. The first-order valence-corrected chi connectivity index (χ1v) is 7.25. The monoisotopic (exact) mass is 265 g/mol. The zero-order valence-corrected chi connectivity index (χ0v) is 11.7. The van der Waals surface area contributed by atoms with E-state index in [9.17, 15) is 9.59 Å². The van der Waals surface area contributed by atoms with Crippen LogP contribution in [-0.4, -0.2) is 18.4 Å². The van der Waals surface area contributed by atoms with E-state index in [1.807, 2.05) is 0 Å². The molecule has 1 aliphatic rings. The van der Waals surface area contributed by atoms with Gasteiger partial charge in [0.15, 0.2) is 0 Å². The molecule has 4 heteroatoms. The Labute approximate surface area is 115 Å². The van der Waals surface area contributed by atoms with Crippen molar-refractivity contribution in [2.24, 2.45) is 5.41 Å². The molecule has 106 valence electrons. The Balaban J connectivity index is 2.45. The van der Waals surface area contributed by atoms with Crippen LogP contribution in [0.1, 0.15) is 64.7 Å². The normalized spacial score (nSPS) is 22.2. The second-order valence-corrected chi connectivity index (χ2v) is 5.15. The number of Topliss-reactive ketones (excluding diaryl/α,β-unsaturated/α-hetero) is 1. The number of nitriles is 1. The highest BCUT2D eigenvalue weighted by atomic mass is 16.5. The predicted octanol–water partition coefficient (Wildman–Crippen LogP) is 3.15. The summed E-state index contributed by atoms with van der Waals surface area (Å²) in [6.07, 6.45) is 6.85. The highest BCUT2D eigenvalue weighted by molar-refractivity contribution is 6.05. The van der Waals surface area contributed by atoms with Crippen LogP contribution >= 0.6 is 0 Å². The minimum Gasteiger partial charge on any atom is -0.465 e. The van der Waals surface area contributed by atoms with E-state index in [4.69, 9.17) is 10.00 Å². The van der Waals surface area contributed by atoms with Crippen molar-refractivity contribution in [1.82, 2.24) is 0 Å². The fourth-order valence-electron chi connectivity index (χ4n) is 2.77. The van der Waals surface area contributed by atoms with Crippen molar-refractivity contribution in [3.8, 4) is 6.07 Å². The summed E-state index contributed by atoms with van der Waals surface area (Å²) >= 11 is 0. The third-order valence-electron chi connectivity index (χ3n) is 3.85. The van der Waals surface area contributed by atoms with Gasteiger partial charge in [0, 0.05) is 12.8 Å². The molecular weight excluding hydrogens is 242 g/mol. The van der Waals surface area contributed by atoms with Gasteiger partial charge in [-0.25, -0.2) is 0 Å². The molecule has 1 unspecified atom stereocenters. The number of unbranched alkanes of at least 4 members (excludes halogenated alkanes) is 4. The van der Waals surface area contributed by atoms with E-state index in [1.165, 1.54) is 0 Å². The second-order valence-electron chi connectivity index (χ2n) is 5.15. The zero-order valence-electron chi connectivity index (χ0n) is 11.7. The Hall–Kier alpha value is -1.37. The summed E-state index contributed by atoms with van der Waals surface area (Å²) in [5, 5.41) is 8.45. The number of carbonyl (C=O) groups is 2. The second kappa shape index (κ2) is 7.93. The molecular formula is C15H23NO3. The number of ether oxygens (including phenoxy) is 1. The van der Waals surface area contributed by atoms with Crippen molar-refractivity contribution in [1.29, 1.82) is 5.26 Å². The molecule has 0 saturated heterocycles. The highest BCUT2D eigenvalue weighted by Crippen LogP contribution is 2.40. The third kappa shape index (κ3) is 4.05. The van der Waals surface area contributed by atoms with Gasteiger partial charge in [0.2, 0.25) is 0 Å².